The number of phosphoric ester groups is 1. The predicted molar refractivity (Wildman–Crippen MR) is 336 cm³/mol. The highest BCUT2D eigenvalue weighted by molar-refractivity contribution is 7.47. The molecule has 0 spiro atoms. The summed E-state index contributed by atoms with van der Waals surface area (Å²) in [5.74, 6) is -0.618. The number of amides is 1. The van der Waals surface area contributed by atoms with E-state index in [0.29, 0.717) is 23.9 Å². The molecule has 10 heteroatoms. The molecule has 0 saturated heterocycles. The molecule has 3 atom stereocenters. The highest BCUT2D eigenvalue weighted by Gasteiger charge is 2.30. The van der Waals surface area contributed by atoms with E-state index in [4.69, 9.17) is 13.8 Å². The van der Waals surface area contributed by atoms with Gasteiger partial charge in [0, 0.05) is 12.8 Å². The number of allylic oxidation sites excluding steroid dienone is 19. The van der Waals surface area contributed by atoms with Gasteiger partial charge in [-0.1, -0.05) is 245 Å². The van der Waals surface area contributed by atoms with Crippen LogP contribution in [0, 0.1) is 0 Å². The molecule has 0 aliphatic heterocycles. The third kappa shape index (κ3) is 57.1. The summed E-state index contributed by atoms with van der Waals surface area (Å²) < 4.78 is 30.6. The zero-order valence-electron chi connectivity index (χ0n) is 50.9. The molecule has 78 heavy (non-hydrogen) atoms. The van der Waals surface area contributed by atoms with E-state index in [-0.39, 0.29) is 37.9 Å². The molecular weight excluding hydrogens is 988 g/mol. The molecule has 0 saturated carbocycles. The standard InChI is InChI=1S/C68H117N2O7P/c1-7-10-13-16-19-22-25-28-30-32-34-35-37-39-41-43-46-49-52-55-58-61-68(72)77-66(59-56-53-50-47-44-27-24-21-18-15-12-9-3)65(64-76-78(73,74)75-63-62-70(4,5)6)69-67(71)60-57-54-51-48-45-42-40-38-36-33-31-29-26-23-20-17-14-11-8-2/h11,14,19-20,22-23,28-31,34-36,38,42,45,51,54,56,59,65-66H,7-10,12-13,15-18,21,24-27,32-33,37,39-41,43-44,46-50,52-53,55,57-58,60-64H2,1-6H3,(H-,69,71,73,74)/p+1/b14-11-,22-19-,23-20-,30-28-,31-29-,35-34-,38-36-,45-42-,54-51-,59-56+. The summed E-state index contributed by atoms with van der Waals surface area (Å²) in [6.45, 7) is 6.79. The lowest BCUT2D eigenvalue weighted by atomic mass is 10.0. The van der Waals surface area contributed by atoms with Gasteiger partial charge in [0.05, 0.1) is 33.8 Å². The summed E-state index contributed by atoms with van der Waals surface area (Å²) in [6.07, 6.45) is 79.3. The van der Waals surface area contributed by atoms with Crippen molar-refractivity contribution >= 4 is 19.7 Å². The minimum atomic E-state index is -4.48. The molecular formula is C68H118N2O7P+. The molecule has 0 aliphatic rings. The van der Waals surface area contributed by atoms with Crippen LogP contribution < -0.4 is 5.32 Å². The fourth-order valence-electron chi connectivity index (χ4n) is 8.32. The predicted octanol–water partition coefficient (Wildman–Crippen LogP) is 19.5. The van der Waals surface area contributed by atoms with Gasteiger partial charge in [0.15, 0.2) is 0 Å². The van der Waals surface area contributed by atoms with E-state index in [9.17, 15) is 19.0 Å². The van der Waals surface area contributed by atoms with Gasteiger partial charge >= 0.3 is 13.8 Å². The Balaban J connectivity index is 5.37. The molecule has 0 bridgehead atoms. The first-order chi connectivity index (χ1) is 37.9. The van der Waals surface area contributed by atoms with Crippen LogP contribution in [0.1, 0.15) is 245 Å². The fraction of sp³-hybridized carbons (Fsp3) is 0.676. The maximum atomic E-state index is 13.5. The zero-order chi connectivity index (χ0) is 57.2. The third-order valence-corrected chi connectivity index (χ3v) is 14.1. The number of unbranched alkanes of at least 4 members (excludes halogenated alkanes) is 21. The molecule has 0 aromatic carbocycles. The highest BCUT2D eigenvalue weighted by Crippen LogP contribution is 2.43. The van der Waals surface area contributed by atoms with Crippen LogP contribution in [-0.2, 0) is 27.9 Å². The van der Waals surface area contributed by atoms with Crippen LogP contribution in [0.25, 0.3) is 0 Å². The Kier molecular flexibility index (Phi) is 54.1. The summed E-state index contributed by atoms with van der Waals surface area (Å²) in [5, 5.41) is 3.00. The molecule has 446 valence electrons. The van der Waals surface area contributed by atoms with E-state index in [1.807, 2.05) is 39.4 Å². The summed E-state index contributed by atoms with van der Waals surface area (Å²) in [5.41, 5.74) is 0. The molecule has 0 aliphatic carbocycles. The molecule has 2 N–H and O–H groups in total. The number of hydrogen-bond donors (Lipinski definition) is 2. The lowest BCUT2D eigenvalue weighted by Crippen LogP contribution is -2.47. The van der Waals surface area contributed by atoms with Crippen LogP contribution in [-0.4, -0.2) is 74.3 Å². The van der Waals surface area contributed by atoms with Gasteiger partial charge in [-0.25, -0.2) is 4.57 Å². The average Bonchev–Trinajstić information content (AvgIpc) is 3.40. The number of nitrogens with zero attached hydrogens (tertiary/aromatic N) is 1. The first-order valence-electron chi connectivity index (χ1n) is 31.4. The monoisotopic (exact) mass is 1110 g/mol. The minimum Gasteiger partial charge on any atom is -0.456 e. The van der Waals surface area contributed by atoms with Gasteiger partial charge in [0.25, 0.3) is 0 Å². The maximum absolute atomic E-state index is 13.5. The molecule has 3 unspecified atom stereocenters. The Morgan fingerprint density at radius 2 is 0.833 bits per heavy atom. The Labute approximate surface area is 480 Å². The molecule has 0 radical (unpaired) electrons. The highest BCUT2D eigenvalue weighted by atomic mass is 31.2. The van der Waals surface area contributed by atoms with Gasteiger partial charge in [-0.3, -0.25) is 18.6 Å². The largest absolute Gasteiger partial charge is 0.472 e. The molecule has 0 fully saturated rings. The van der Waals surface area contributed by atoms with Gasteiger partial charge in [0.1, 0.15) is 19.3 Å². The van der Waals surface area contributed by atoms with E-state index >= 15 is 0 Å². The Hall–Kier alpha value is -3.59. The van der Waals surface area contributed by atoms with Crippen molar-refractivity contribution in [1.82, 2.24) is 5.32 Å². The molecule has 0 rings (SSSR count). The van der Waals surface area contributed by atoms with Crippen LogP contribution in [0.5, 0.6) is 0 Å². The van der Waals surface area contributed by atoms with Crippen LogP contribution in [0.15, 0.2) is 122 Å². The molecule has 9 nitrogen and oxygen atoms in total. The second-order valence-electron chi connectivity index (χ2n) is 21.8. The number of nitrogens with one attached hydrogen (secondary N) is 1. The number of carbonyl (C=O) groups excluding carboxylic acids is 2. The van der Waals surface area contributed by atoms with Crippen molar-refractivity contribution < 1.29 is 37.3 Å². The number of quaternary nitrogens is 1. The second-order valence-corrected chi connectivity index (χ2v) is 23.3. The summed E-state index contributed by atoms with van der Waals surface area (Å²) in [6, 6.07) is -0.900. The normalized spacial score (nSPS) is 14.5. The third-order valence-electron chi connectivity index (χ3n) is 13.1. The van der Waals surface area contributed by atoms with Crippen molar-refractivity contribution in [3.05, 3.63) is 122 Å². The van der Waals surface area contributed by atoms with E-state index in [1.165, 1.54) is 103 Å². The molecule has 0 aromatic rings. The maximum Gasteiger partial charge on any atom is 0.472 e. The van der Waals surface area contributed by atoms with Gasteiger partial charge in [-0.2, -0.15) is 0 Å². The van der Waals surface area contributed by atoms with E-state index in [1.54, 1.807) is 0 Å². The lowest BCUT2D eigenvalue weighted by Gasteiger charge is -2.27. The Morgan fingerprint density at radius 3 is 1.28 bits per heavy atom. The number of ether oxygens (including phenoxy) is 1. The Bertz CT molecular complexity index is 1750. The van der Waals surface area contributed by atoms with Gasteiger partial charge in [0.2, 0.25) is 5.91 Å². The van der Waals surface area contributed by atoms with Crippen LogP contribution >= 0.6 is 7.82 Å². The number of likely N-dealkylation sites (N-methyl/N-ethyl adjacent to an activating group) is 1. The van der Waals surface area contributed by atoms with Crippen LogP contribution in [0.3, 0.4) is 0 Å². The summed E-state index contributed by atoms with van der Waals surface area (Å²) >= 11 is 0. The van der Waals surface area contributed by atoms with E-state index in [2.05, 4.69) is 129 Å². The summed E-state index contributed by atoms with van der Waals surface area (Å²) in [4.78, 5) is 37.7. The second kappa shape index (κ2) is 56.7. The van der Waals surface area contributed by atoms with Crippen molar-refractivity contribution in [1.29, 1.82) is 0 Å². The smallest absolute Gasteiger partial charge is 0.456 e. The minimum absolute atomic E-state index is 0.0191. The number of carbonyl (C=O) groups is 2. The zero-order valence-corrected chi connectivity index (χ0v) is 51.8. The van der Waals surface area contributed by atoms with Crippen LogP contribution in [0.4, 0.5) is 0 Å². The molecule has 0 heterocycles. The van der Waals surface area contributed by atoms with Crippen molar-refractivity contribution in [2.75, 3.05) is 40.9 Å². The molecule has 1 amide bonds. The number of esters is 1. The van der Waals surface area contributed by atoms with Crippen molar-refractivity contribution in [2.24, 2.45) is 0 Å². The SMILES string of the molecule is CC/C=C\C/C=C\C/C=C\C/C=C\C/C=C\C/C=C\CCC(=O)NC(COP(=O)(O)OCC[N+](C)(C)C)C(/C=C/CCCCCCCCCCCC)OC(=O)CCCCCCCCCC/C=C\C/C=C\C/C=C\CCCCC. The van der Waals surface area contributed by atoms with Crippen molar-refractivity contribution in [2.45, 2.75) is 258 Å². The first-order valence-corrected chi connectivity index (χ1v) is 32.9. The van der Waals surface area contributed by atoms with Crippen molar-refractivity contribution in [3.8, 4) is 0 Å². The quantitative estimate of drug-likeness (QED) is 0.0205. The van der Waals surface area contributed by atoms with Gasteiger partial charge < -0.3 is 19.4 Å². The number of hydrogen-bond acceptors (Lipinski definition) is 6. The van der Waals surface area contributed by atoms with Crippen molar-refractivity contribution in [3.63, 3.8) is 0 Å². The first kappa shape index (κ1) is 74.4. The average molecular weight is 1110 g/mol. The van der Waals surface area contributed by atoms with E-state index in [0.717, 1.165) is 96.3 Å². The van der Waals surface area contributed by atoms with E-state index < -0.39 is 20.0 Å². The van der Waals surface area contributed by atoms with Gasteiger partial charge in [-0.15, -0.1) is 0 Å². The lowest BCUT2D eigenvalue weighted by molar-refractivity contribution is -0.870. The summed E-state index contributed by atoms with van der Waals surface area (Å²) in [7, 11) is 1.43. The Morgan fingerprint density at radius 1 is 0.462 bits per heavy atom. The number of rotatable bonds is 55. The topological polar surface area (TPSA) is 111 Å². The fourth-order valence-corrected chi connectivity index (χ4v) is 9.06. The van der Waals surface area contributed by atoms with Crippen LogP contribution in [0.2, 0.25) is 0 Å². The number of phosphoric acid groups is 1. The van der Waals surface area contributed by atoms with Gasteiger partial charge in [-0.05, 0) is 109 Å². The molecule has 0 aromatic heterocycles.